The van der Waals surface area contributed by atoms with Crippen molar-refractivity contribution in [3.05, 3.63) is 28.0 Å². The van der Waals surface area contributed by atoms with Gasteiger partial charge in [-0.3, -0.25) is 0 Å². The lowest BCUT2D eigenvalue weighted by molar-refractivity contribution is 0.102. The van der Waals surface area contributed by atoms with E-state index >= 15 is 0 Å². The number of benzene rings is 1. The molecule has 3 N–H and O–H groups in total. The Morgan fingerprint density at radius 2 is 2.26 bits per heavy atom. The van der Waals surface area contributed by atoms with Gasteiger partial charge in [0.1, 0.15) is 4.99 Å². The van der Waals surface area contributed by atoms with Gasteiger partial charge >= 0.3 is 0 Å². The fourth-order valence-corrected chi connectivity index (χ4v) is 3.70. The van der Waals surface area contributed by atoms with Gasteiger partial charge < -0.3 is 15.8 Å². The number of nitrogens with two attached hydrogens (primary N) is 1. The number of halogens is 2. The zero-order chi connectivity index (χ0) is 13.6. The third-order valence-corrected chi connectivity index (χ3v) is 4.79. The number of fused-ring (bicyclic) bond motifs is 2. The molecular formula is C13H14BrFN2OS. The summed E-state index contributed by atoms with van der Waals surface area (Å²) in [6.07, 6.45) is 3.66. The summed E-state index contributed by atoms with van der Waals surface area (Å²) >= 11 is 8.09. The number of rotatable bonds is 3. The molecule has 19 heavy (non-hydrogen) atoms. The SMILES string of the molecule is NC(=S)c1ccc(NC2CC3CCC2O3)c(F)c1Br. The maximum Gasteiger partial charge on any atom is 0.161 e. The lowest BCUT2D eigenvalue weighted by atomic mass is 9.95. The maximum atomic E-state index is 14.3. The van der Waals surface area contributed by atoms with Gasteiger partial charge in [-0.05, 0) is 47.3 Å². The van der Waals surface area contributed by atoms with Crippen LogP contribution in [-0.2, 0) is 4.74 Å². The molecule has 0 aliphatic carbocycles. The zero-order valence-electron chi connectivity index (χ0n) is 10.2. The predicted molar refractivity (Wildman–Crippen MR) is 79.9 cm³/mol. The standard InChI is InChI=1S/C13H14BrFN2OS/c14-11-7(13(16)19)2-3-8(12(11)15)17-9-5-6-1-4-10(9)18-6/h2-3,6,9-10,17H,1,4-5H2,(H2,16,19). The first-order chi connectivity index (χ1) is 9.06. The Morgan fingerprint density at radius 1 is 1.47 bits per heavy atom. The molecule has 3 atom stereocenters. The van der Waals surface area contributed by atoms with Gasteiger partial charge in [0, 0.05) is 5.56 Å². The summed E-state index contributed by atoms with van der Waals surface area (Å²) in [5.74, 6) is -0.354. The van der Waals surface area contributed by atoms with Crippen molar-refractivity contribution in [2.45, 2.75) is 37.5 Å². The smallest absolute Gasteiger partial charge is 0.161 e. The molecule has 1 aromatic carbocycles. The summed E-state index contributed by atoms with van der Waals surface area (Å²) < 4.78 is 20.3. The Morgan fingerprint density at radius 3 is 2.84 bits per heavy atom. The molecule has 0 radical (unpaired) electrons. The van der Waals surface area contributed by atoms with Gasteiger partial charge in [-0.2, -0.15) is 0 Å². The normalized spacial score (nSPS) is 28.6. The lowest BCUT2D eigenvalue weighted by Crippen LogP contribution is -2.30. The Hall–Kier alpha value is -0.720. The molecule has 3 nitrogen and oxygen atoms in total. The van der Waals surface area contributed by atoms with Crippen LogP contribution < -0.4 is 11.1 Å². The number of hydrogen-bond donors (Lipinski definition) is 2. The maximum absolute atomic E-state index is 14.3. The average molecular weight is 345 g/mol. The van der Waals surface area contributed by atoms with Gasteiger partial charge in [0.25, 0.3) is 0 Å². The van der Waals surface area contributed by atoms with Crippen LogP contribution in [0.15, 0.2) is 16.6 Å². The number of anilines is 1. The van der Waals surface area contributed by atoms with Crippen molar-refractivity contribution in [2.24, 2.45) is 5.73 Å². The average Bonchev–Trinajstić information content (AvgIpc) is 2.97. The van der Waals surface area contributed by atoms with E-state index in [4.69, 9.17) is 22.7 Å². The van der Waals surface area contributed by atoms with Crippen LogP contribution in [0.2, 0.25) is 0 Å². The summed E-state index contributed by atoms with van der Waals surface area (Å²) in [6, 6.07) is 3.60. The van der Waals surface area contributed by atoms with Gasteiger partial charge in [0.2, 0.25) is 0 Å². The summed E-state index contributed by atoms with van der Waals surface area (Å²) in [6.45, 7) is 0. The van der Waals surface area contributed by atoms with Crippen LogP contribution in [0.3, 0.4) is 0 Å². The monoisotopic (exact) mass is 344 g/mol. The topological polar surface area (TPSA) is 47.3 Å². The molecule has 0 aromatic heterocycles. The van der Waals surface area contributed by atoms with E-state index < -0.39 is 0 Å². The van der Waals surface area contributed by atoms with Crippen LogP contribution in [-0.4, -0.2) is 23.2 Å². The van der Waals surface area contributed by atoms with E-state index in [2.05, 4.69) is 21.2 Å². The fraction of sp³-hybridized carbons (Fsp3) is 0.462. The second-order valence-electron chi connectivity index (χ2n) is 5.01. The molecule has 2 bridgehead atoms. The lowest BCUT2D eigenvalue weighted by Gasteiger charge is -2.22. The molecule has 2 aliphatic rings. The first kappa shape index (κ1) is 13.3. The summed E-state index contributed by atoms with van der Waals surface area (Å²) in [4.78, 5) is 0.181. The number of thiocarbonyl (C=S) groups is 1. The molecule has 2 heterocycles. The quantitative estimate of drug-likeness (QED) is 0.827. The highest BCUT2D eigenvalue weighted by molar-refractivity contribution is 9.10. The van der Waals surface area contributed by atoms with Crippen LogP contribution in [0.25, 0.3) is 0 Å². The molecule has 3 rings (SSSR count). The summed E-state index contributed by atoms with van der Waals surface area (Å²) in [5, 5.41) is 3.23. The molecule has 1 aromatic rings. The van der Waals surface area contributed by atoms with E-state index in [1.807, 2.05) is 0 Å². The van der Waals surface area contributed by atoms with E-state index in [0.717, 1.165) is 19.3 Å². The first-order valence-electron chi connectivity index (χ1n) is 6.26. The minimum Gasteiger partial charge on any atom is -0.389 e. The van der Waals surface area contributed by atoms with Crippen LogP contribution in [0, 0.1) is 5.82 Å². The third-order valence-electron chi connectivity index (χ3n) is 3.79. The van der Waals surface area contributed by atoms with E-state index in [1.54, 1.807) is 12.1 Å². The largest absolute Gasteiger partial charge is 0.389 e. The predicted octanol–water partition coefficient (Wildman–Crippen LogP) is 2.95. The molecule has 0 saturated carbocycles. The molecule has 102 valence electrons. The number of ether oxygens (including phenoxy) is 1. The molecule has 0 spiro atoms. The zero-order valence-corrected chi connectivity index (χ0v) is 12.6. The molecule has 3 unspecified atom stereocenters. The van der Waals surface area contributed by atoms with Gasteiger partial charge in [-0.15, -0.1) is 0 Å². The van der Waals surface area contributed by atoms with Crippen molar-refractivity contribution in [1.29, 1.82) is 0 Å². The van der Waals surface area contributed by atoms with Crippen molar-refractivity contribution in [1.82, 2.24) is 0 Å². The van der Waals surface area contributed by atoms with E-state index in [0.29, 0.717) is 21.8 Å². The van der Waals surface area contributed by atoms with Crippen LogP contribution in [0.4, 0.5) is 10.1 Å². The highest BCUT2D eigenvalue weighted by Gasteiger charge is 2.40. The molecule has 2 fully saturated rings. The van der Waals surface area contributed by atoms with Crippen molar-refractivity contribution in [3.63, 3.8) is 0 Å². The van der Waals surface area contributed by atoms with Crippen LogP contribution in [0.1, 0.15) is 24.8 Å². The van der Waals surface area contributed by atoms with Gasteiger partial charge in [-0.1, -0.05) is 12.2 Å². The summed E-state index contributed by atoms with van der Waals surface area (Å²) in [7, 11) is 0. The van der Waals surface area contributed by atoms with Crippen molar-refractivity contribution < 1.29 is 9.13 Å². The Labute approximate surface area is 124 Å². The summed E-state index contributed by atoms with van der Waals surface area (Å²) in [5.41, 5.74) is 6.52. The van der Waals surface area contributed by atoms with Gasteiger partial charge in [0.05, 0.1) is 28.4 Å². The van der Waals surface area contributed by atoms with Crippen LogP contribution in [0.5, 0.6) is 0 Å². The molecular weight excluding hydrogens is 331 g/mol. The Balaban J connectivity index is 1.82. The van der Waals surface area contributed by atoms with Crippen molar-refractivity contribution >= 4 is 38.8 Å². The second-order valence-corrected chi connectivity index (χ2v) is 6.25. The van der Waals surface area contributed by atoms with Gasteiger partial charge in [0.15, 0.2) is 5.82 Å². The molecule has 0 amide bonds. The van der Waals surface area contributed by atoms with E-state index in [-0.39, 0.29) is 23.0 Å². The molecule has 2 saturated heterocycles. The van der Waals surface area contributed by atoms with E-state index in [9.17, 15) is 4.39 Å². The Bertz CT molecular complexity index is 540. The van der Waals surface area contributed by atoms with Crippen LogP contribution >= 0.6 is 28.1 Å². The third kappa shape index (κ3) is 2.37. The number of hydrogen-bond acceptors (Lipinski definition) is 3. The molecule has 2 aliphatic heterocycles. The Kier molecular flexibility index (Phi) is 3.49. The van der Waals surface area contributed by atoms with Gasteiger partial charge in [-0.25, -0.2) is 4.39 Å². The minimum absolute atomic E-state index is 0.181. The van der Waals surface area contributed by atoms with E-state index in [1.165, 1.54) is 0 Å². The highest BCUT2D eigenvalue weighted by atomic mass is 79.9. The highest BCUT2D eigenvalue weighted by Crippen LogP contribution is 2.37. The second kappa shape index (κ2) is 5.00. The minimum atomic E-state index is -0.354. The van der Waals surface area contributed by atoms with Crippen molar-refractivity contribution in [3.8, 4) is 0 Å². The van der Waals surface area contributed by atoms with Crippen molar-refractivity contribution in [2.75, 3.05) is 5.32 Å². The fourth-order valence-electron chi connectivity index (χ4n) is 2.84. The first-order valence-corrected chi connectivity index (χ1v) is 7.46. The number of nitrogens with one attached hydrogen (secondary N) is 1. The molecule has 6 heteroatoms.